The molecule has 0 bridgehead atoms. The largest absolute Gasteiger partial charge is 0.493 e. The number of nitrogens with zero attached hydrogens (tertiary/aromatic N) is 4. The highest BCUT2D eigenvalue weighted by molar-refractivity contribution is 5.62. The molecule has 0 saturated heterocycles. The number of aromatic nitrogens is 4. The number of ether oxygens (including phenoxy) is 3. The zero-order chi connectivity index (χ0) is 16.2. The van der Waals surface area contributed by atoms with E-state index >= 15 is 0 Å². The lowest BCUT2D eigenvalue weighted by Crippen LogP contribution is -2.03. The topological polar surface area (TPSA) is 71.3 Å². The van der Waals surface area contributed by atoms with Crippen LogP contribution in [0.4, 0.5) is 0 Å². The molecule has 0 spiro atoms. The van der Waals surface area contributed by atoms with Crippen molar-refractivity contribution >= 4 is 0 Å². The van der Waals surface area contributed by atoms with Gasteiger partial charge in [0, 0.05) is 18.3 Å². The minimum absolute atomic E-state index is 0.526. The van der Waals surface area contributed by atoms with Gasteiger partial charge < -0.3 is 14.2 Å². The van der Waals surface area contributed by atoms with Crippen LogP contribution < -0.4 is 14.2 Å². The zero-order valence-corrected chi connectivity index (χ0v) is 13.1. The van der Waals surface area contributed by atoms with Crippen molar-refractivity contribution in [3.05, 3.63) is 42.7 Å². The first-order valence-electron chi connectivity index (χ1n) is 6.91. The molecule has 0 N–H and O–H groups in total. The molecule has 23 heavy (non-hydrogen) atoms. The van der Waals surface area contributed by atoms with E-state index in [1.54, 1.807) is 38.4 Å². The molecule has 1 aromatic carbocycles. The molecule has 118 valence electrons. The third-order valence-corrected chi connectivity index (χ3v) is 3.37. The Morgan fingerprint density at radius 1 is 0.957 bits per heavy atom. The molecule has 0 aliphatic rings. The fraction of sp³-hybridized carbons (Fsp3) is 0.188. The van der Waals surface area contributed by atoms with E-state index in [1.165, 1.54) is 0 Å². The summed E-state index contributed by atoms with van der Waals surface area (Å²) >= 11 is 0. The van der Waals surface area contributed by atoms with Gasteiger partial charge in [0.2, 0.25) is 5.75 Å². The molecule has 3 rings (SSSR count). The number of rotatable bonds is 5. The van der Waals surface area contributed by atoms with Gasteiger partial charge in [-0.2, -0.15) is 0 Å². The SMILES string of the molecule is COc1cc(-n2nncc2-c2ccccn2)cc(OC)c1OC. The average Bonchev–Trinajstić information content (AvgIpc) is 3.10. The van der Waals surface area contributed by atoms with Crippen molar-refractivity contribution in [2.75, 3.05) is 21.3 Å². The van der Waals surface area contributed by atoms with Gasteiger partial charge in [-0.15, -0.1) is 5.10 Å². The predicted octanol–water partition coefficient (Wildman–Crippen LogP) is 2.36. The minimum atomic E-state index is 0.526. The first-order valence-corrected chi connectivity index (χ1v) is 6.91. The monoisotopic (exact) mass is 312 g/mol. The van der Waals surface area contributed by atoms with E-state index in [-0.39, 0.29) is 0 Å². The van der Waals surface area contributed by atoms with Crippen molar-refractivity contribution in [2.45, 2.75) is 0 Å². The first-order chi connectivity index (χ1) is 11.3. The number of benzene rings is 1. The van der Waals surface area contributed by atoms with Crippen LogP contribution in [-0.2, 0) is 0 Å². The Morgan fingerprint density at radius 2 is 1.70 bits per heavy atom. The number of methoxy groups -OCH3 is 3. The molecule has 0 amide bonds. The summed E-state index contributed by atoms with van der Waals surface area (Å²) in [5.41, 5.74) is 2.27. The van der Waals surface area contributed by atoms with Gasteiger partial charge in [-0.3, -0.25) is 4.98 Å². The summed E-state index contributed by atoms with van der Waals surface area (Å²) in [6.07, 6.45) is 3.38. The van der Waals surface area contributed by atoms with E-state index in [4.69, 9.17) is 14.2 Å². The summed E-state index contributed by atoms with van der Waals surface area (Å²) in [6, 6.07) is 9.28. The van der Waals surface area contributed by atoms with Gasteiger partial charge in [0.1, 0.15) is 5.69 Å². The van der Waals surface area contributed by atoms with Crippen LogP contribution in [0, 0.1) is 0 Å². The molecule has 7 heteroatoms. The van der Waals surface area contributed by atoms with E-state index in [1.807, 2.05) is 30.3 Å². The third-order valence-electron chi connectivity index (χ3n) is 3.37. The molecule has 2 heterocycles. The van der Waals surface area contributed by atoms with Crippen LogP contribution >= 0.6 is 0 Å². The minimum Gasteiger partial charge on any atom is -0.493 e. The second-order valence-electron chi connectivity index (χ2n) is 4.63. The number of hydrogen-bond acceptors (Lipinski definition) is 6. The standard InChI is InChI=1S/C16H16N4O3/c1-21-14-8-11(9-15(22-2)16(14)23-3)20-13(10-18-19-20)12-6-4-5-7-17-12/h4-10H,1-3H3. The molecule has 7 nitrogen and oxygen atoms in total. The van der Waals surface area contributed by atoms with E-state index in [9.17, 15) is 0 Å². The molecular formula is C16H16N4O3. The molecule has 0 aliphatic carbocycles. The van der Waals surface area contributed by atoms with Crippen LogP contribution in [0.15, 0.2) is 42.7 Å². The lowest BCUT2D eigenvalue weighted by molar-refractivity contribution is 0.324. The molecule has 0 unspecified atom stereocenters. The fourth-order valence-electron chi connectivity index (χ4n) is 2.30. The smallest absolute Gasteiger partial charge is 0.203 e. The maximum absolute atomic E-state index is 5.38. The number of pyridine rings is 1. The van der Waals surface area contributed by atoms with Crippen LogP contribution in [0.2, 0.25) is 0 Å². The molecular weight excluding hydrogens is 296 g/mol. The van der Waals surface area contributed by atoms with Crippen LogP contribution in [0.3, 0.4) is 0 Å². The van der Waals surface area contributed by atoms with E-state index in [0.717, 1.165) is 17.1 Å². The van der Waals surface area contributed by atoms with Gasteiger partial charge in [-0.05, 0) is 12.1 Å². The quantitative estimate of drug-likeness (QED) is 0.720. The Kier molecular flexibility index (Phi) is 4.09. The average molecular weight is 312 g/mol. The van der Waals surface area contributed by atoms with Gasteiger partial charge in [0.25, 0.3) is 0 Å². The highest BCUT2D eigenvalue weighted by Gasteiger charge is 2.17. The van der Waals surface area contributed by atoms with Gasteiger partial charge in [-0.25, -0.2) is 4.68 Å². The second kappa shape index (κ2) is 6.35. The highest BCUT2D eigenvalue weighted by atomic mass is 16.5. The highest BCUT2D eigenvalue weighted by Crippen LogP contribution is 2.39. The Bertz CT molecular complexity index is 777. The Balaban J connectivity index is 2.15. The van der Waals surface area contributed by atoms with Crippen molar-refractivity contribution in [3.8, 4) is 34.3 Å². The van der Waals surface area contributed by atoms with Gasteiger partial charge in [0.15, 0.2) is 11.5 Å². The summed E-state index contributed by atoms with van der Waals surface area (Å²) in [4.78, 5) is 4.34. The molecule has 0 radical (unpaired) electrons. The third kappa shape index (κ3) is 2.68. The molecule has 3 aromatic rings. The van der Waals surface area contributed by atoms with Crippen molar-refractivity contribution < 1.29 is 14.2 Å². The van der Waals surface area contributed by atoms with E-state index in [0.29, 0.717) is 17.2 Å². The second-order valence-corrected chi connectivity index (χ2v) is 4.63. The van der Waals surface area contributed by atoms with Crippen LogP contribution in [0.1, 0.15) is 0 Å². The normalized spacial score (nSPS) is 10.4. The summed E-state index contributed by atoms with van der Waals surface area (Å²) < 4.78 is 17.8. The first kappa shape index (κ1) is 14.8. The molecule has 0 aliphatic heterocycles. The summed E-state index contributed by atoms with van der Waals surface area (Å²) in [5, 5.41) is 8.13. The Labute approximate surface area is 133 Å². The fourth-order valence-corrected chi connectivity index (χ4v) is 2.30. The Morgan fingerprint density at radius 3 is 2.26 bits per heavy atom. The zero-order valence-electron chi connectivity index (χ0n) is 13.1. The van der Waals surface area contributed by atoms with Gasteiger partial charge >= 0.3 is 0 Å². The van der Waals surface area contributed by atoms with Crippen molar-refractivity contribution in [3.63, 3.8) is 0 Å². The van der Waals surface area contributed by atoms with Crippen LogP contribution in [0.25, 0.3) is 17.1 Å². The maximum Gasteiger partial charge on any atom is 0.203 e. The maximum atomic E-state index is 5.38. The van der Waals surface area contributed by atoms with Gasteiger partial charge in [-0.1, -0.05) is 11.3 Å². The lowest BCUT2D eigenvalue weighted by Gasteiger charge is -2.14. The predicted molar refractivity (Wildman–Crippen MR) is 84.2 cm³/mol. The number of hydrogen-bond donors (Lipinski definition) is 0. The van der Waals surface area contributed by atoms with Crippen molar-refractivity contribution in [1.29, 1.82) is 0 Å². The van der Waals surface area contributed by atoms with Crippen molar-refractivity contribution in [2.24, 2.45) is 0 Å². The van der Waals surface area contributed by atoms with E-state index < -0.39 is 0 Å². The molecule has 0 fully saturated rings. The molecule has 0 saturated carbocycles. The van der Waals surface area contributed by atoms with Crippen LogP contribution in [-0.4, -0.2) is 41.3 Å². The van der Waals surface area contributed by atoms with E-state index in [2.05, 4.69) is 15.3 Å². The lowest BCUT2D eigenvalue weighted by atomic mass is 10.2. The van der Waals surface area contributed by atoms with Gasteiger partial charge in [0.05, 0.1) is 38.9 Å². The molecule has 0 atom stereocenters. The molecule has 2 aromatic heterocycles. The summed E-state index contributed by atoms with van der Waals surface area (Å²) in [5.74, 6) is 1.62. The summed E-state index contributed by atoms with van der Waals surface area (Å²) in [6.45, 7) is 0. The van der Waals surface area contributed by atoms with Crippen molar-refractivity contribution in [1.82, 2.24) is 20.0 Å². The van der Waals surface area contributed by atoms with Crippen LogP contribution in [0.5, 0.6) is 17.2 Å². The summed E-state index contributed by atoms with van der Waals surface area (Å²) in [7, 11) is 4.71. The Hall–Kier alpha value is -3.09.